The molecule has 0 spiro atoms. The molecule has 0 amide bonds. The molecule has 2 heterocycles. The van der Waals surface area contributed by atoms with E-state index in [4.69, 9.17) is 5.73 Å². The lowest BCUT2D eigenvalue weighted by Gasteiger charge is -2.05. The van der Waals surface area contributed by atoms with Crippen LogP contribution in [0.3, 0.4) is 0 Å². The highest BCUT2D eigenvalue weighted by Gasteiger charge is 2.17. The van der Waals surface area contributed by atoms with E-state index in [-0.39, 0.29) is 11.6 Å². The summed E-state index contributed by atoms with van der Waals surface area (Å²) in [5, 5.41) is 1.87. The summed E-state index contributed by atoms with van der Waals surface area (Å²) in [6.45, 7) is 1.86. The van der Waals surface area contributed by atoms with Crippen molar-refractivity contribution in [3.05, 3.63) is 44.2 Å². The third-order valence-electron chi connectivity index (χ3n) is 2.21. The van der Waals surface area contributed by atoms with Crippen LogP contribution in [0.4, 0.5) is 5.82 Å². The third kappa shape index (κ3) is 2.01. The maximum absolute atomic E-state index is 12.2. The Morgan fingerprint density at radius 2 is 2.31 bits per heavy atom. The number of aryl methyl sites for hydroxylation is 1. The zero-order valence-electron chi connectivity index (χ0n) is 8.53. The van der Waals surface area contributed by atoms with E-state index in [2.05, 4.69) is 20.9 Å². The van der Waals surface area contributed by atoms with E-state index in [9.17, 15) is 4.79 Å². The summed E-state index contributed by atoms with van der Waals surface area (Å²) in [6.07, 6.45) is 1.60. The summed E-state index contributed by atoms with van der Waals surface area (Å²) in [5.41, 5.74) is 7.07. The molecule has 0 aliphatic rings. The average molecular weight is 297 g/mol. The molecule has 0 aliphatic heterocycles. The molecule has 2 aromatic rings. The van der Waals surface area contributed by atoms with Crippen molar-refractivity contribution in [3.8, 4) is 0 Å². The molecule has 0 atom stereocenters. The minimum atomic E-state index is -0.0706. The molecular formula is C11H9BrN2OS. The summed E-state index contributed by atoms with van der Waals surface area (Å²) >= 11 is 4.71. The van der Waals surface area contributed by atoms with Gasteiger partial charge in [-0.05, 0) is 40.5 Å². The van der Waals surface area contributed by atoms with Crippen LogP contribution in [0.25, 0.3) is 0 Å². The lowest BCUT2D eigenvalue weighted by molar-refractivity contribution is 0.104. The van der Waals surface area contributed by atoms with Gasteiger partial charge in [0.05, 0.1) is 10.4 Å². The summed E-state index contributed by atoms with van der Waals surface area (Å²) < 4.78 is 0.904. The Labute approximate surface area is 105 Å². The zero-order valence-corrected chi connectivity index (χ0v) is 10.9. The number of hydrogen-bond donors (Lipinski definition) is 1. The number of nitrogens with two attached hydrogens (primary N) is 1. The molecule has 16 heavy (non-hydrogen) atoms. The van der Waals surface area contributed by atoms with Crippen LogP contribution in [-0.4, -0.2) is 10.8 Å². The fourth-order valence-corrected chi connectivity index (χ4v) is 2.80. The summed E-state index contributed by atoms with van der Waals surface area (Å²) in [6, 6.07) is 3.57. The van der Waals surface area contributed by atoms with E-state index in [0.717, 1.165) is 10.0 Å². The highest BCUT2D eigenvalue weighted by Crippen LogP contribution is 2.25. The molecule has 2 aromatic heterocycles. The largest absolute Gasteiger partial charge is 0.383 e. The maximum atomic E-state index is 12.2. The molecule has 2 rings (SSSR count). The number of ketones is 1. The van der Waals surface area contributed by atoms with Crippen molar-refractivity contribution < 1.29 is 4.79 Å². The van der Waals surface area contributed by atoms with Crippen molar-refractivity contribution in [2.45, 2.75) is 6.92 Å². The molecule has 82 valence electrons. The highest BCUT2D eigenvalue weighted by molar-refractivity contribution is 9.10. The van der Waals surface area contributed by atoms with Gasteiger partial charge in [-0.25, -0.2) is 4.98 Å². The first-order valence-corrected chi connectivity index (χ1v) is 6.26. The minimum absolute atomic E-state index is 0.0706. The Morgan fingerprint density at radius 3 is 2.88 bits per heavy atom. The number of nitrogens with zero attached hydrogens (tertiary/aromatic N) is 1. The van der Waals surface area contributed by atoms with Gasteiger partial charge in [-0.2, -0.15) is 0 Å². The van der Waals surface area contributed by atoms with Gasteiger partial charge in [0.1, 0.15) is 5.82 Å². The Bertz CT molecular complexity index is 530. The topological polar surface area (TPSA) is 56.0 Å². The van der Waals surface area contributed by atoms with E-state index >= 15 is 0 Å². The van der Waals surface area contributed by atoms with Crippen molar-refractivity contribution in [1.29, 1.82) is 0 Å². The first kappa shape index (κ1) is 11.3. The van der Waals surface area contributed by atoms with Crippen molar-refractivity contribution in [2.75, 3.05) is 5.73 Å². The van der Waals surface area contributed by atoms with Crippen LogP contribution >= 0.6 is 27.3 Å². The monoisotopic (exact) mass is 296 g/mol. The van der Waals surface area contributed by atoms with E-state index in [1.807, 2.05) is 12.3 Å². The highest BCUT2D eigenvalue weighted by atomic mass is 79.9. The predicted octanol–water partition coefficient (Wildman–Crippen LogP) is 3.03. The molecule has 0 aliphatic carbocycles. The first-order chi connectivity index (χ1) is 7.59. The lowest BCUT2D eigenvalue weighted by Crippen LogP contribution is -2.07. The SMILES string of the molecule is Cc1ccnc(N)c1C(=O)c1cc(Br)cs1. The Hall–Kier alpha value is -1.20. The molecule has 0 radical (unpaired) electrons. The van der Waals surface area contributed by atoms with E-state index in [0.29, 0.717) is 10.4 Å². The van der Waals surface area contributed by atoms with Gasteiger partial charge < -0.3 is 5.73 Å². The number of aromatic nitrogens is 1. The van der Waals surface area contributed by atoms with Gasteiger partial charge in [-0.1, -0.05) is 0 Å². The number of carbonyl (C=O) groups excluding carboxylic acids is 1. The molecule has 0 aromatic carbocycles. The standard InChI is InChI=1S/C11H9BrN2OS/c1-6-2-3-14-11(13)9(6)10(15)8-4-7(12)5-16-8/h2-5H,1H3,(H2,13,14). The normalized spacial score (nSPS) is 10.4. The minimum Gasteiger partial charge on any atom is -0.383 e. The predicted molar refractivity (Wildman–Crippen MR) is 68.8 cm³/mol. The van der Waals surface area contributed by atoms with Crippen molar-refractivity contribution >= 4 is 38.9 Å². The number of rotatable bonds is 2. The van der Waals surface area contributed by atoms with E-state index in [1.54, 1.807) is 18.3 Å². The van der Waals surface area contributed by atoms with Crippen LogP contribution in [0.5, 0.6) is 0 Å². The molecule has 0 saturated heterocycles. The van der Waals surface area contributed by atoms with Crippen LogP contribution in [-0.2, 0) is 0 Å². The quantitative estimate of drug-likeness (QED) is 0.867. The molecule has 0 unspecified atom stereocenters. The maximum Gasteiger partial charge on any atom is 0.206 e. The Morgan fingerprint density at radius 1 is 1.56 bits per heavy atom. The lowest BCUT2D eigenvalue weighted by atomic mass is 10.1. The van der Waals surface area contributed by atoms with Gasteiger partial charge >= 0.3 is 0 Å². The second-order valence-corrected chi connectivity index (χ2v) is 5.17. The number of anilines is 1. The first-order valence-electron chi connectivity index (χ1n) is 4.59. The van der Waals surface area contributed by atoms with Crippen molar-refractivity contribution in [3.63, 3.8) is 0 Å². The fourth-order valence-electron chi connectivity index (χ4n) is 1.43. The Kier molecular flexibility index (Phi) is 3.07. The molecule has 5 heteroatoms. The van der Waals surface area contributed by atoms with Gasteiger partial charge in [0.2, 0.25) is 5.78 Å². The molecular weight excluding hydrogens is 288 g/mol. The number of hydrogen-bond acceptors (Lipinski definition) is 4. The fraction of sp³-hybridized carbons (Fsp3) is 0.0909. The van der Waals surface area contributed by atoms with Gasteiger partial charge in [0.25, 0.3) is 0 Å². The van der Waals surface area contributed by atoms with Crippen LogP contribution in [0.15, 0.2) is 28.2 Å². The smallest absolute Gasteiger partial charge is 0.206 e. The van der Waals surface area contributed by atoms with E-state index in [1.165, 1.54) is 11.3 Å². The van der Waals surface area contributed by atoms with Gasteiger partial charge in [-0.3, -0.25) is 4.79 Å². The number of halogens is 1. The molecule has 0 fully saturated rings. The summed E-state index contributed by atoms with van der Waals surface area (Å²) in [7, 11) is 0. The molecule has 2 N–H and O–H groups in total. The van der Waals surface area contributed by atoms with Crippen molar-refractivity contribution in [1.82, 2.24) is 4.98 Å². The Balaban J connectivity index is 2.49. The number of pyridine rings is 1. The van der Waals surface area contributed by atoms with E-state index < -0.39 is 0 Å². The zero-order chi connectivity index (χ0) is 11.7. The summed E-state index contributed by atoms with van der Waals surface area (Å²) in [4.78, 5) is 16.8. The van der Waals surface area contributed by atoms with Crippen LogP contribution < -0.4 is 5.73 Å². The number of thiophene rings is 1. The van der Waals surface area contributed by atoms with Gasteiger partial charge in [-0.15, -0.1) is 11.3 Å². The van der Waals surface area contributed by atoms with Gasteiger partial charge in [0.15, 0.2) is 0 Å². The van der Waals surface area contributed by atoms with Crippen molar-refractivity contribution in [2.24, 2.45) is 0 Å². The number of nitrogen functional groups attached to an aromatic ring is 1. The van der Waals surface area contributed by atoms with Gasteiger partial charge in [0, 0.05) is 16.0 Å². The third-order valence-corrected chi connectivity index (χ3v) is 3.90. The molecule has 3 nitrogen and oxygen atoms in total. The molecule has 0 saturated carbocycles. The second-order valence-electron chi connectivity index (χ2n) is 3.35. The second kappa shape index (κ2) is 4.35. The van der Waals surface area contributed by atoms with Crippen LogP contribution in [0.1, 0.15) is 20.8 Å². The summed E-state index contributed by atoms with van der Waals surface area (Å²) in [5.74, 6) is 0.216. The molecule has 0 bridgehead atoms. The van der Waals surface area contributed by atoms with Crippen LogP contribution in [0, 0.1) is 6.92 Å². The number of carbonyl (C=O) groups is 1. The van der Waals surface area contributed by atoms with Crippen LogP contribution in [0.2, 0.25) is 0 Å². The average Bonchev–Trinajstić information content (AvgIpc) is 2.64.